The van der Waals surface area contributed by atoms with Crippen molar-refractivity contribution in [2.45, 2.75) is 129 Å². The number of carbonyl (C=O) groups excluding carboxylic acids is 4. The second-order valence-electron chi connectivity index (χ2n) is 16.9. The van der Waals surface area contributed by atoms with Crippen molar-refractivity contribution in [2.24, 2.45) is 40.5 Å². The quantitative estimate of drug-likeness (QED) is 0.110. The number of nitrogens with zero attached hydrogens (tertiary/aromatic N) is 5. The minimum Gasteiger partial charge on any atom is -0.455 e. The minimum atomic E-state index is -3.09. The zero-order valence-electron chi connectivity index (χ0n) is 35.6. The summed E-state index contributed by atoms with van der Waals surface area (Å²) >= 11 is 0. The highest BCUT2D eigenvalue weighted by molar-refractivity contribution is 6.07. The van der Waals surface area contributed by atoms with Crippen LogP contribution in [0.25, 0.3) is 11.3 Å². The Morgan fingerprint density at radius 1 is 1.05 bits per heavy atom. The summed E-state index contributed by atoms with van der Waals surface area (Å²) in [7, 11) is 5.41. The molecule has 0 saturated carbocycles. The van der Waals surface area contributed by atoms with Crippen molar-refractivity contribution >= 4 is 29.3 Å². The lowest BCUT2D eigenvalue weighted by atomic mass is 9.67. The molecule has 5 rings (SSSR count). The molecule has 3 aliphatic heterocycles. The van der Waals surface area contributed by atoms with Gasteiger partial charge in [-0.15, -0.1) is 0 Å². The Hall–Kier alpha value is -4.39. The number of amidine groups is 1. The maximum Gasteiger partial charge on any atom is 0.351 e. The Kier molecular flexibility index (Phi) is 14.3. The summed E-state index contributed by atoms with van der Waals surface area (Å²) in [4.78, 5) is 72.3. The van der Waals surface area contributed by atoms with Gasteiger partial charge in [-0.2, -0.15) is 0 Å². The lowest BCUT2D eigenvalue weighted by Crippen LogP contribution is -2.56. The van der Waals surface area contributed by atoms with Gasteiger partial charge in [0.15, 0.2) is 35.9 Å². The van der Waals surface area contributed by atoms with E-state index in [2.05, 4.69) is 25.2 Å². The van der Waals surface area contributed by atoms with Crippen LogP contribution in [0, 0.1) is 29.6 Å². The van der Waals surface area contributed by atoms with E-state index in [1.807, 2.05) is 21.0 Å². The van der Waals surface area contributed by atoms with Crippen LogP contribution in [0.2, 0.25) is 0 Å². The third-order valence-electron chi connectivity index (χ3n) is 12.2. The number of methoxy groups -OCH3 is 1. The van der Waals surface area contributed by atoms with E-state index in [4.69, 9.17) is 38.8 Å². The standard InChI is InChI=1S/C41H59FN6O11/c1-11-29-40(7)33(32(37(51)59-40)36(43)47-56-20-30-44-18-26(19-45-30)28-12-13-55-46-28)25(5)34(49)22(2)16-41(53-10,17-23(3)35(50)39(6,42)38(52)58-29)21-54-31-15-27(48(8)9)14-24(4)57-31/h12-13,18-19,22-25,27,29,31-33H,11,14-17,20-21H2,1-10H3,(H2,43,47)/t22-,23-,24-,25-,27+,29+,31?,32-,33+,39+,40-,41-/m1/s1. The van der Waals surface area contributed by atoms with E-state index in [0.29, 0.717) is 17.7 Å². The van der Waals surface area contributed by atoms with Crippen LogP contribution in [-0.2, 0) is 54.3 Å². The molecule has 0 aliphatic carbocycles. The monoisotopic (exact) mass is 830 g/mol. The molecule has 0 aromatic carbocycles. The van der Waals surface area contributed by atoms with E-state index in [1.165, 1.54) is 39.6 Å². The Bertz CT molecular complexity index is 1830. The molecule has 1 unspecified atom stereocenters. The molecule has 2 N–H and O–H groups in total. The molecule has 0 radical (unpaired) electrons. The van der Waals surface area contributed by atoms with Crippen molar-refractivity contribution in [2.75, 3.05) is 27.8 Å². The topological polar surface area (TPSA) is 217 Å². The lowest BCUT2D eigenvalue weighted by Gasteiger charge is -2.43. The van der Waals surface area contributed by atoms with Gasteiger partial charge >= 0.3 is 11.9 Å². The maximum absolute atomic E-state index is 16.6. The van der Waals surface area contributed by atoms with Gasteiger partial charge in [-0.1, -0.05) is 38.0 Å². The smallest absolute Gasteiger partial charge is 0.351 e. The zero-order valence-corrected chi connectivity index (χ0v) is 35.6. The van der Waals surface area contributed by atoms with Gasteiger partial charge < -0.3 is 43.7 Å². The van der Waals surface area contributed by atoms with Crippen LogP contribution in [0.5, 0.6) is 0 Å². The average molecular weight is 831 g/mol. The molecule has 17 nitrogen and oxygen atoms in total. The molecule has 3 saturated heterocycles. The van der Waals surface area contributed by atoms with Crippen LogP contribution in [0.3, 0.4) is 0 Å². The molecule has 3 aliphatic rings. The van der Waals surface area contributed by atoms with Crippen molar-refractivity contribution in [1.29, 1.82) is 0 Å². The highest BCUT2D eigenvalue weighted by Crippen LogP contribution is 2.48. The molecule has 326 valence electrons. The van der Waals surface area contributed by atoms with Crippen LogP contribution in [0.4, 0.5) is 4.39 Å². The number of cyclic esters (lactones) is 1. The van der Waals surface area contributed by atoms with Gasteiger partial charge in [-0.05, 0) is 60.5 Å². The fraction of sp³-hybridized carbons (Fsp3) is 0.707. The number of fused-ring (bicyclic) bond motifs is 1. The van der Waals surface area contributed by atoms with Crippen molar-refractivity contribution in [1.82, 2.24) is 20.0 Å². The second-order valence-corrected chi connectivity index (χ2v) is 16.9. The normalized spacial score (nSPS) is 36.5. The van der Waals surface area contributed by atoms with Gasteiger partial charge in [0.2, 0.25) is 0 Å². The van der Waals surface area contributed by atoms with Crippen LogP contribution in [0.1, 0.15) is 86.4 Å². The first-order valence-corrected chi connectivity index (χ1v) is 20.1. The number of rotatable bonds is 11. The maximum atomic E-state index is 16.6. The van der Waals surface area contributed by atoms with Gasteiger partial charge in [0.05, 0.1) is 18.3 Å². The summed E-state index contributed by atoms with van der Waals surface area (Å²) in [5, 5.41) is 7.88. The highest BCUT2D eigenvalue weighted by atomic mass is 19.1. The average Bonchev–Trinajstić information content (AvgIpc) is 3.83. The lowest BCUT2D eigenvalue weighted by molar-refractivity contribution is -0.229. The number of halogens is 1. The number of ketones is 2. The number of hydrogen-bond acceptors (Lipinski definition) is 16. The summed E-state index contributed by atoms with van der Waals surface area (Å²) in [6, 6.07) is 1.84. The van der Waals surface area contributed by atoms with Gasteiger partial charge in [-0.3, -0.25) is 14.4 Å². The number of oxime groups is 1. The molecule has 2 aromatic heterocycles. The van der Waals surface area contributed by atoms with E-state index >= 15 is 4.39 Å². The summed E-state index contributed by atoms with van der Waals surface area (Å²) in [6.07, 6.45) is 3.83. The third kappa shape index (κ3) is 9.82. The van der Waals surface area contributed by atoms with Gasteiger partial charge in [0.25, 0.3) is 5.67 Å². The summed E-state index contributed by atoms with van der Waals surface area (Å²) in [5.74, 6) is -8.96. The molecule has 5 heterocycles. The number of aromatic nitrogens is 3. The van der Waals surface area contributed by atoms with Crippen molar-refractivity contribution in [3.63, 3.8) is 0 Å². The predicted octanol–water partition coefficient (Wildman–Crippen LogP) is 4.22. The van der Waals surface area contributed by atoms with E-state index in [-0.39, 0.29) is 62.1 Å². The zero-order chi connectivity index (χ0) is 43.4. The van der Waals surface area contributed by atoms with Gasteiger partial charge in [0, 0.05) is 67.3 Å². The molecule has 18 heteroatoms. The van der Waals surface area contributed by atoms with Crippen LogP contribution in [0.15, 0.2) is 34.4 Å². The minimum absolute atomic E-state index is 0.0326. The molecule has 2 aromatic rings. The number of Topliss-reactive ketones (excluding diaryl/α,β-unsaturated/α-hetero) is 2. The fourth-order valence-corrected chi connectivity index (χ4v) is 8.96. The first kappa shape index (κ1) is 45.7. The molecule has 12 atom stereocenters. The number of alkyl halides is 1. The number of hydrogen-bond donors (Lipinski definition) is 1. The molecule has 59 heavy (non-hydrogen) atoms. The molecule has 0 bridgehead atoms. The number of esters is 2. The first-order valence-electron chi connectivity index (χ1n) is 20.1. The van der Waals surface area contributed by atoms with Crippen molar-refractivity contribution in [3.8, 4) is 11.3 Å². The van der Waals surface area contributed by atoms with E-state index in [9.17, 15) is 19.2 Å². The van der Waals surface area contributed by atoms with Crippen LogP contribution >= 0.6 is 0 Å². The van der Waals surface area contributed by atoms with E-state index in [1.54, 1.807) is 26.8 Å². The van der Waals surface area contributed by atoms with Crippen molar-refractivity contribution < 1.29 is 56.6 Å². The van der Waals surface area contributed by atoms with Gasteiger partial charge in [0.1, 0.15) is 29.8 Å². The first-order chi connectivity index (χ1) is 27.8. The van der Waals surface area contributed by atoms with E-state index in [0.717, 1.165) is 13.3 Å². The third-order valence-corrected chi connectivity index (χ3v) is 12.2. The predicted molar refractivity (Wildman–Crippen MR) is 209 cm³/mol. The summed E-state index contributed by atoms with van der Waals surface area (Å²) < 4.78 is 51.8. The van der Waals surface area contributed by atoms with E-state index < -0.39 is 76.6 Å². The molecular formula is C41H59FN6O11. The summed E-state index contributed by atoms with van der Waals surface area (Å²) in [5.41, 5.74) is 1.50. The number of carbonyl (C=O) groups is 4. The summed E-state index contributed by atoms with van der Waals surface area (Å²) in [6.45, 7) is 10.5. The second kappa shape index (κ2) is 18.5. The fourth-order valence-electron chi connectivity index (χ4n) is 8.96. The number of nitrogens with two attached hydrogens (primary N) is 1. The Morgan fingerprint density at radius 2 is 1.73 bits per heavy atom. The largest absolute Gasteiger partial charge is 0.455 e. The SMILES string of the molecule is CC[C@@H]1OC(=O)[C@@](C)(F)C(=O)[C@H](C)C[C@](COC2C[C@@H](N(C)C)C[C@@H](C)O2)(OC)C[C@@H](C)C(=O)[C@H](C)[C@H]2[C@H](/C(N)=N/OCc3ncc(-c4ccon4)cn3)C(=O)O[C@@]21C. The number of ether oxygens (including phenoxy) is 5. The van der Waals surface area contributed by atoms with Gasteiger partial charge in [-0.25, -0.2) is 19.2 Å². The molecule has 0 amide bonds. The van der Waals surface area contributed by atoms with Crippen LogP contribution in [-0.4, -0.2) is 119 Å². The Morgan fingerprint density at radius 3 is 2.34 bits per heavy atom. The van der Waals surface area contributed by atoms with Crippen molar-refractivity contribution in [3.05, 3.63) is 30.5 Å². The Balaban J connectivity index is 1.47. The Labute approximate surface area is 344 Å². The molecular weight excluding hydrogens is 771 g/mol. The van der Waals surface area contributed by atoms with Crippen LogP contribution < -0.4 is 5.73 Å². The molecule has 0 spiro atoms. The highest BCUT2D eigenvalue weighted by Gasteiger charge is 2.63. The molecule has 3 fully saturated rings.